The highest BCUT2D eigenvalue weighted by atomic mass is 32.2. The van der Waals surface area contributed by atoms with Crippen LogP contribution in [0.25, 0.3) is 11.1 Å². The van der Waals surface area contributed by atoms with Gasteiger partial charge in [0.05, 0.1) is 6.20 Å². The van der Waals surface area contributed by atoms with Gasteiger partial charge in [-0.3, -0.25) is 5.10 Å². The van der Waals surface area contributed by atoms with Crippen LogP contribution in [0.3, 0.4) is 0 Å². The van der Waals surface area contributed by atoms with Gasteiger partial charge in [0.1, 0.15) is 5.82 Å². The Kier molecular flexibility index (Phi) is 1.95. The minimum absolute atomic E-state index is 0.637. The highest BCUT2D eigenvalue weighted by Crippen LogP contribution is 2.35. The molecule has 3 N–H and O–H groups in total. The Bertz CT molecular complexity index is 504. The Balaban J connectivity index is 2.11. The van der Waals surface area contributed by atoms with Crippen LogP contribution in [0, 0.1) is 0 Å². The van der Waals surface area contributed by atoms with Gasteiger partial charge in [-0.1, -0.05) is 12.1 Å². The zero-order valence-corrected chi connectivity index (χ0v) is 8.97. The molecule has 1 aliphatic rings. The number of nitrogens with one attached hydrogen (secondary N) is 1. The first-order chi connectivity index (χ1) is 7.34. The van der Waals surface area contributed by atoms with Crippen LogP contribution in [0.4, 0.5) is 5.82 Å². The highest BCUT2D eigenvalue weighted by Gasteiger charge is 2.13. The zero-order valence-electron chi connectivity index (χ0n) is 8.16. The minimum atomic E-state index is 0.637. The van der Waals surface area contributed by atoms with Crippen molar-refractivity contribution >= 4 is 17.6 Å². The number of anilines is 1. The van der Waals surface area contributed by atoms with Crippen molar-refractivity contribution in [3.05, 3.63) is 30.0 Å². The van der Waals surface area contributed by atoms with Crippen LogP contribution >= 0.6 is 11.8 Å². The summed E-state index contributed by atoms with van der Waals surface area (Å²) in [5, 5.41) is 6.69. The standard InChI is InChI=1S/C11H11N3S/c12-11-9(6-13-14-11)8-2-1-7-3-4-15-10(7)5-8/h1-2,5-6H,3-4H2,(H3,12,13,14). The van der Waals surface area contributed by atoms with E-state index in [9.17, 15) is 0 Å². The molecule has 0 saturated heterocycles. The predicted octanol–water partition coefficient (Wildman–Crippen LogP) is 2.31. The number of fused-ring (bicyclic) bond motifs is 1. The number of nitrogen functional groups attached to an aromatic ring is 1. The third kappa shape index (κ3) is 1.41. The van der Waals surface area contributed by atoms with E-state index >= 15 is 0 Å². The predicted molar refractivity (Wildman–Crippen MR) is 62.9 cm³/mol. The van der Waals surface area contributed by atoms with E-state index in [1.165, 1.54) is 22.6 Å². The minimum Gasteiger partial charge on any atom is -0.384 e. The molecule has 2 aromatic rings. The second kappa shape index (κ2) is 3.31. The van der Waals surface area contributed by atoms with Gasteiger partial charge >= 0.3 is 0 Å². The molecule has 1 aromatic carbocycles. The molecule has 4 heteroatoms. The second-order valence-electron chi connectivity index (χ2n) is 3.62. The molecule has 0 saturated carbocycles. The number of nitrogens with zero attached hydrogens (tertiary/aromatic N) is 1. The third-order valence-electron chi connectivity index (χ3n) is 2.68. The van der Waals surface area contributed by atoms with Crippen molar-refractivity contribution in [1.82, 2.24) is 10.2 Å². The molecular weight excluding hydrogens is 206 g/mol. The van der Waals surface area contributed by atoms with E-state index < -0.39 is 0 Å². The Morgan fingerprint density at radius 1 is 1.40 bits per heavy atom. The lowest BCUT2D eigenvalue weighted by atomic mass is 10.1. The van der Waals surface area contributed by atoms with Gasteiger partial charge in [0.15, 0.2) is 0 Å². The summed E-state index contributed by atoms with van der Waals surface area (Å²) in [6, 6.07) is 6.51. The van der Waals surface area contributed by atoms with Crippen molar-refractivity contribution < 1.29 is 0 Å². The maximum Gasteiger partial charge on any atom is 0.126 e. The van der Waals surface area contributed by atoms with Crippen LogP contribution in [0.2, 0.25) is 0 Å². The molecule has 3 nitrogen and oxygen atoms in total. The van der Waals surface area contributed by atoms with Crippen LogP contribution in [0.5, 0.6) is 0 Å². The fraction of sp³-hybridized carbons (Fsp3) is 0.182. The summed E-state index contributed by atoms with van der Waals surface area (Å²) in [5.41, 5.74) is 9.38. The third-order valence-corrected chi connectivity index (χ3v) is 3.78. The second-order valence-corrected chi connectivity index (χ2v) is 4.76. The van der Waals surface area contributed by atoms with Crippen LogP contribution in [-0.4, -0.2) is 16.0 Å². The topological polar surface area (TPSA) is 54.7 Å². The number of hydrogen-bond donors (Lipinski definition) is 2. The van der Waals surface area contributed by atoms with E-state index in [-0.39, 0.29) is 0 Å². The average molecular weight is 217 g/mol. The van der Waals surface area contributed by atoms with E-state index in [4.69, 9.17) is 5.73 Å². The van der Waals surface area contributed by atoms with E-state index in [0.29, 0.717) is 5.82 Å². The molecule has 0 unspecified atom stereocenters. The van der Waals surface area contributed by atoms with Crippen LogP contribution < -0.4 is 5.73 Å². The Labute approximate surface area is 92.1 Å². The van der Waals surface area contributed by atoms with E-state index in [0.717, 1.165) is 11.1 Å². The van der Waals surface area contributed by atoms with E-state index in [1.807, 2.05) is 11.8 Å². The van der Waals surface area contributed by atoms with Gasteiger partial charge in [-0.2, -0.15) is 5.10 Å². The van der Waals surface area contributed by atoms with Crippen LogP contribution in [-0.2, 0) is 6.42 Å². The molecule has 0 bridgehead atoms. The van der Waals surface area contributed by atoms with Gasteiger partial charge in [-0.05, 0) is 23.6 Å². The SMILES string of the molecule is Nc1[nH]ncc1-c1ccc2c(c1)SCC2. The number of rotatable bonds is 1. The summed E-state index contributed by atoms with van der Waals surface area (Å²) >= 11 is 1.91. The Morgan fingerprint density at radius 2 is 2.33 bits per heavy atom. The summed E-state index contributed by atoms with van der Waals surface area (Å²) in [5.74, 6) is 1.83. The molecule has 0 fully saturated rings. The first kappa shape index (κ1) is 8.85. The smallest absolute Gasteiger partial charge is 0.126 e. The van der Waals surface area contributed by atoms with Crippen LogP contribution in [0.1, 0.15) is 5.56 Å². The fourth-order valence-corrected chi connectivity index (χ4v) is 2.97. The molecule has 1 aliphatic heterocycles. The van der Waals surface area contributed by atoms with Crippen LogP contribution in [0.15, 0.2) is 29.3 Å². The van der Waals surface area contributed by atoms with E-state index in [1.54, 1.807) is 6.20 Å². The lowest BCUT2D eigenvalue weighted by Gasteiger charge is -2.02. The highest BCUT2D eigenvalue weighted by molar-refractivity contribution is 7.99. The van der Waals surface area contributed by atoms with Crippen molar-refractivity contribution in [1.29, 1.82) is 0 Å². The fourth-order valence-electron chi connectivity index (χ4n) is 1.86. The van der Waals surface area contributed by atoms with Gasteiger partial charge < -0.3 is 5.73 Å². The van der Waals surface area contributed by atoms with Crippen molar-refractivity contribution in [3.63, 3.8) is 0 Å². The largest absolute Gasteiger partial charge is 0.384 e. The number of aryl methyl sites for hydroxylation is 1. The molecule has 0 aliphatic carbocycles. The molecule has 15 heavy (non-hydrogen) atoms. The Morgan fingerprint density at radius 3 is 3.13 bits per heavy atom. The first-order valence-corrected chi connectivity index (χ1v) is 5.88. The molecule has 0 radical (unpaired) electrons. The lowest BCUT2D eigenvalue weighted by Crippen LogP contribution is -1.88. The summed E-state index contributed by atoms with van der Waals surface area (Å²) < 4.78 is 0. The van der Waals surface area contributed by atoms with Crippen molar-refractivity contribution in [3.8, 4) is 11.1 Å². The van der Waals surface area contributed by atoms with Gasteiger partial charge in [0, 0.05) is 16.2 Å². The van der Waals surface area contributed by atoms with Gasteiger partial charge in [0.2, 0.25) is 0 Å². The van der Waals surface area contributed by atoms with Gasteiger partial charge in [-0.25, -0.2) is 0 Å². The lowest BCUT2D eigenvalue weighted by molar-refractivity contribution is 1.10. The molecule has 0 spiro atoms. The molecular formula is C11H11N3S. The molecule has 0 atom stereocenters. The number of thioether (sulfide) groups is 1. The van der Waals surface area contributed by atoms with Crippen molar-refractivity contribution in [2.45, 2.75) is 11.3 Å². The quantitative estimate of drug-likeness (QED) is 0.770. The molecule has 2 heterocycles. The first-order valence-electron chi connectivity index (χ1n) is 4.89. The summed E-state index contributed by atoms with van der Waals surface area (Å²) in [6.45, 7) is 0. The summed E-state index contributed by atoms with van der Waals surface area (Å²) in [7, 11) is 0. The number of aromatic amines is 1. The summed E-state index contributed by atoms with van der Waals surface area (Å²) in [4.78, 5) is 1.38. The number of hydrogen-bond acceptors (Lipinski definition) is 3. The van der Waals surface area contributed by atoms with Gasteiger partial charge in [0.25, 0.3) is 0 Å². The molecule has 1 aromatic heterocycles. The van der Waals surface area contributed by atoms with Crippen molar-refractivity contribution in [2.75, 3.05) is 11.5 Å². The molecule has 76 valence electrons. The van der Waals surface area contributed by atoms with E-state index in [2.05, 4.69) is 28.4 Å². The average Bonchev–Trinajstić information content (AvgIpc) is 2.84. The zero-order chi connectivity index (χ0) is 10.3. The monoisotopic (exact) mass is 217 g/mol. The number of aromatic nitrogens is 2. The van der Waals surface area contributed by atoms with Gasteiger partial charge in [-0.15, -0.1) is 11.8 Å². The number of H-pyrrole nitrogens is 1. The maximum atomic E-state index is 5.79. The number of benzene rings is 1. The maximum absolute atomic E-state index is 5.79. The normalized spacial score (nSPS) is 14.1. The summed E-state index contributed by atoms with van der Waals surface area (Å²) in [6.07, 6.45) is 2.96. The molecule has 3 rings (SSSR count). The van der Waals surface area contributed by atoms with Crippen molar-refractivity contribution in [2.24, 2.45) is 0 Å². The Hall–Kier alpha value is -1.42. The number of nitrogens with two attached hydrogens (primary N) is 1. The molecule has 0 amide bonds.